The number of amides is 1. The molecule has 0 aromatic heterocycles. The van der Waals surface area contributed by atoms with Crippen molar-refractivity contribution in [3.8, 4) is 5.75 Å². The van der Waals surface area contributed by atoms with Crippen LogP contribution in [0.1, 0.15) is 54.1 Å². The number of aryl methyl sites for hydroxylation is 1. The number of anilines is 1. The fourth-order valence-corrected chi connectivity index (χ4v) is 8.62. The number of nitrogens with zero attached hydrogens (tertiary/aromatic N) is 1. The lowest BCUT2D eigenvalue weighted by atomic mass is 9.70. The number of carbonyl (C=O) groups excluding carboxylic acids is 1. The molecule has 4 aliphatic rings. The Balaban J connectivity index is 1.39. The number of halogens is 1. The molecular weight excluding hydrogens is 576 g/mol. The largest absolute Gasteiger partial charge is 0.487 e. The van der Waals surface area contributed by atoms with Crippen molar-refractivity contribution >= 4 is 33.2 Å². The minimum absolute atomic E-state index is 0.0250. The monoisotopic (exact) mass is 614 g/mol. The molecule has 6 atom stereocenters. The van der Waals surface area contributed by atoms with Crippen LogP contribution in [0.25, 0.3) is 0 Å². The summed E-state index contributed by atoms with van der Waals surface area (Å²) in [5.74, 6) is -0.0998. The van der Waals surface area contributed by atoms with E-state index in [9.17, 15) is 18.3 Å². The van der Waals surface area contributed by atoms with E-state index in [0.29, 0.717) is 23.9 Å². The molecule has 2 aromatic carbocycles. The first kappa shape index (κ1) is 29.5. The number of carbonyl (C=O) groups is 1. The number of fused-ring (bicyclic) bond motifs is 4. The first-order valence-corrected chi connectivity index (χ1v) is 16.9. The van der Waals surface area contributed by atoms with Gasteiger partial charge in [0.2, 0.25) is 10.0 Å². The molecule has 1 amide bonds. The van der Waals surface area contributed by atoms with Gasteiger partial charge in [-0.3, -0.25) is 4.79 Å². The van der Waals surface area contributed by atoms with Gasteiger partial charge in [-0.15, -0.1) is 0 Å². The van der Waals surface area contributed by atoms with Crippen LogP contribution in [-0.4, -0.2) is 57.1 Å². The van der Waals surface area contributed by atoms with Gasteiger partial charge in [0.05, 0.1) is 25.0 Å². The third-order valence-corrected chi connectivity index (χ3v) is 11.6. The topological polar surface area (TPSA) is 105 Å². The lowest BCUT2D eigenvalue weighted by Crippen LogP contribution is -2.44. The summed E-state index contributed by atoms with van der Waals surface area (Å²) in [7, 11) is -4.02. The van der Waals surface area contributed by atoms with Crippen LogP contribution in [-0.2, 0) is 27.8 Å². The van der Waals surface area contributed by atoms with Crippen LogP contribution in [0.5, 0.6) is 5.75 Å². The second-order valence-electron chi connectivity index (χ2n) is 12.2. The Labute approximate surface area is 253 Å². The molecule has 2 bridgehead atoms. The van der Waals surface area contributed by atoms with Crippen molar-refractivity contribution in [2.24, 2.45) is 23.7 Å². The summed E-state index contributed by atoms with van der Waals surface area (Å²) in [6.45, 7) is 4.06. The van der Waals surface area contributed by atoms with Gasteiger partial charge in [0, 0.05) is 29.6 Å². The summed E-state index contributed by atoms with van der Waals surface area (Å²) in [5.41, 5.74) is 3.25. The maximum atomic E-state index is 13.4. The van der Waals surface area contributed by atoms with Crippen LogP contribution in [0.3, 0.4) is 0 Å². The summed E-state index contributed by atoms with van der Waals surface area (Å²) in [5, 5.41) is 11.0. The Morgan fingerprint density at radius 3 is 2.69 bits per heavy atom. The SMILES string of the molecule is C[C@@H]1/C=C/[C@H](O)[C@@H]2CC[C@H]2CN2CCCCc3cc(Cl)ccc3COc3ccc(cc32)C(=O)NS(=O)(=O)[C@@H]2COC[C@@H]12. The molecular formula is C32H39ClN2O6S. The lowest BCUT2D eigenvalue weighted by Gasteiger charge is -2.42. The molecule has 2 N–H and O–H groups in total. The van der Waals surface area contributed by atoms with E-state index in [4.69, 9.17) is 21.1 Å². The summed E-state index contributed by atoms with van der Waals surface area (Å²) < 4.78 is 41.2. The highest BCUT2D eigenvalue weighted by atomic mass is 35.5. The Hall–Kier alpha value is -2.59. The zero-order chi connectivity index (χ0) is 29.4. The van der Waals surface area contributed by atoms with E-state index in [1.807, 2.05) is 37.3 Å². The summed E-state index contributed by atoms with van der Waals surface area (Å²) >= 11 is 6.30. The van der Waals surface area contributed by atoms with Gasteiger partial charge >= 0.3 is 0 Å². The number of nitrogens with one attached hydrogen (secondary N) is 1. The van der Waals surface area contributed by atoms with Crippen LogP contribution >= 0.6 is 11.6 Å². The summed E-state index contributed by atoms with van der Waals surface area (Å²) in [6, 6.07) is 11.0. The molecule has 226 valence electrons. The molecule has 1 aliphatic carbocycles. The molecule has 2 fully saturated rings. The van der Waals surface area contributed by atoms with Gasteiger partial charge in [-0.25, -0.2) is 13.1 Å². The zero-order valence-corrected chi connectivity index (χ0v) is 25.4. The zero-order valence-electron chi connectivity index (χ0n) is 23.9. The number of aliphatic hydroxyl groups excluding tert-OH is 1. The molecule has 42 heavy (non-hydrogen) atoms. The molecule has 1 saturated heterocycles. The first-order valence-electron chi connectivity index (χ1n) is 15.0. The smallest absolute Gasteiger partial charge is 0.264 e. The molecule has 3 aliphatic heterocycles. The van der Waals surface area contributed by atoms with E-state index >= 15 is 0 Å². The predicted molar refractivity (Wildman–Crippen MR) is 162 cm³/mol. The molecule has 0 spiro atoms. The van der Waals surface area contributed by atoms with Crippen LogP contribution in [0, 0.1) is 23.7 Å². The van der Waals surface area contributed by atoms with E-state index in [0.717, 1.165) is 49.9 Å². The van der Waals surface area contributed by atoms with E-state index in [2.05, 4.69) is 9.62 Å². The molecule has 0 radical (unpaired) electrons. The van der Waals surface area contributed by atoms with Crippen LogP contribution in [0.2, 0.25) is 5.02 Å². The predicted octanol–water partition coefficient (Wildman–Crippen LogP) is 4.73. The van der Waals surface area contributed by atoms with Gasteiger partial charge in [-0.05, 0) is 91.3 Å². The van der Waals surface area contributed by atoms with Crippen molar-refractivity contribution in [3.05, 3.63) is 70.3 Å². The summed E-state index contributed by atoms with van der Waals surface area (Å²) in [6.07, 6.45) is 7.84. The maximum Gasteiger partial charge on any atom is 0.264 e. The van der Waals surface area contributed by atoms with E-state index in [1.54, 1.807) is 18.2 Å². The van der Waals surface area contributed by atoms with E-state index in [1.165, 1.54) is 5.56 Å². The number of hydrogen-bond acceptors (Lipinski definition) is 7. The number of aliphatic hydroxyl groups is 1. The summed E-state index contributed by atoms with van der Waals surface area (Å²) in [4.78, 5) is 15.7. The highest BCUT2D eigenvalue weighted by molar-refractivity contribution is 7.90. The van der Waals surface area contributed by atoms with E-state index in [-0.39, 0.29) is 42.4 Å². The van der Waals surface area contributed by atoms with Gasteiger partial charge < -0.3 is 19.5 Å². The standard InChI is InChI=1S/C32H39ClN2O6S/c1-20-5-11-29(36)26-10-7-23(26)16-35-13-3-2-4-21-14-25(33)9-6-24(21)17-41-30-12-8-22(15-28(30)35)32(37)34-42(38,39)31-19-40-18-27(20)31/h5-6,8-9,11-12,14-15,20,23,26-27,29,31,36H,2-4,7,10,13,16-19H2,1H3,(H,34,37)/b11-5+/t20-,23+,26-,27+,29+,31-/m1/s1. The number of hydrogen-bond donors (Lipinski definition) is 2. The molecule has 1 saturated carbocycles. The van der Waals surface area contributed by atoms with Crippen molar-refractivity contribution in [1.82, 2.24) is 4.72 Å². The van der Waals surface area contributed by atoms with Crippen molar-refractivity contribution in [3.63, 3.8) is 0 Å². The lowest BCUT2D eigenvalue weighted by molar-refractivity contribution is 0.0458. The highest BCUT2D eigenvalue weighted by Gasteiger charge is 2.42. The Kier molecular flexibility index (Phi) is 8.56. The van der Waals surface area contributed by atoms with Gasteiger partial charge in [-0.1, -0.05) is 36.7 Å². The number of ether oxygens (including phenoxy) is 2. The van der Waals surface area contributed by atoms with Crippen LogP contribution in [0.15, 0.2) is 48.6 Å². The second kappa shape index (κ2) is 12.2. The van der Waals surface area contributed by atoms with Crippen molar-refractivity contribution in [2.45, 2.75) is 57.0 Å². The average molecular weight is 615 g/mol. The molecule has 3 heterocycles. The minimum atomic E-state index is -4.02. The molecule has 8 nitrogen and oxygen atoms in total. The van der Waals surface area contributed by atoms with Crippen molar-refractivity contribution < 1.29 is 27.8 Å². The number of sulfonamides is 1. The molecule has 10 heteroatoms. The third-order valence-electron chi connectivity index (χ3n) is 9.60. The Morgan fingerprint density at radius 2 is 1.88 bits per heavy atom. The van der Waals surface area contributed by atoms with Gasteiger partial charge in [0.1, 0.15) is 17.6 Å². The Bertz CT molecular complexity index is 1460. The fraction of sp³-hybridized carbons (Fsp3) is 0.531. The maximum absolute atomic E-state index is 13.4. The molecule has 2 aromatic rings. The minimum Gasteiger partial charge on any atom is -0.487 e. The van der Waals surface area contributed by atoms with Crippen molar-refractivity contribution in [2.75, 3.05) is 31.2 Å². The highest BCUT2D eigenvalue weighted by Crippen LogP contribution is 2.41. The number of rotatable bonds is 0. The number of benzene rings is 2. The van der Waals surface area contributed by atoms with E-state index < -0.39 is 27.3 Å². The van der Waals surface area contributed by atoms with Crippen LogP contribution < -0.4 is 14.4 Å². The Morgan fingerprint density at radius 1 is 1.02 bits per heavy atom. The van der Waals surface area contributed by atoms with Gasteiger partial charge in [0.15, 0.2) is 0 Å². The fourth-order valence-electron chi connectivity index (χ4n) is 6.83. The molecule has 0 unspecified atom stereocenters. The number of allylic oxidation sites excluding steroid dienone is 1. The molecule has 6 rings (SSSR count). The third kappa shape index (κ3) is 6.07. The average Bonchev–Trinajstić information content (AvgIpc) is 3.44. The quantitative estimate of drug-likeness (QED) is 0.414. The normalized spacial score (nSPS) is 32.1. The first-order chi connectivity index (χ1) is 20.2. The van der Waals surface area contributed by atoms with Crippen molar-refractivity contribution in [1.29, 1.82) is 0 Å². The van der Waals surface area contributed by atoms with Gasteiger partial charge in [-0.2, -0.15) is 0 Å². The van der Waals surface area contributed by atoms with Gasteiger partial charge in [0.25, 0.3) is 5.91 Å². The second-order valence-corrected chi connectivity index (χ2v) is 14.6. The van der Waals surface area contributed by atoms with Crippen LogP contribution in [0.4, 0.5) is 5.69 Å².